The first kappa shape index (κ1) is 14.6. The Morgan fingerprint density at radius 1 is 1.05 bits per heavy atom. The second-order valence-electron chi connectivity index (χ2n) is 4.27. The van der Waals surface area contributed by atoms with Gasteiger partial charge in [0, 0.05) is 17.7 Å². The van der Waals surface area contributed by atoms with Crippen molar-refractivity contribution in [3.8, 4) is 0 Å². The first-order chi connectivity index (χ1) is 9.01. The quantitative estimate of drug-likeness (QED) is 0.753. The van der Waals surface area contributed by atoms with Crippen molar-refractivity contribution in [3.05, 3.63) is 56.0 Å². The normalized spacial score (nSPS) is 10.8. The fourth-order valence-corrected chi connectivity index (χ4v) is 2.62. The SMILES string of the molecule is CCc1c(C)nc(Cc2ccc(Cl)c(Cl)c2)nc1Cl. The number of aromatic nitrogens is 2. The van der Waals surface area contributed by atoms with Gasteiger partial charge in [-0.3, -0.25) is 0 Å². The van der Waals surface area contributed by atoms with Gasteiger partial charge in [0.2, 0.25) is 0 Å². The standard InChI is InChI=1S/C14H13Cl3N2/c1-3-10-8(2)18-13(19-14(10)17)7-9-4-5-11(15)12(16)6-9/h4-6H,3,7H2,1-2H3. The lowest BCUT2D eigenvalue weighted by molar-refractivity contribution is 0.905. The van der Waals surface area contributed by atoms with Crippen molar-refractivity contribution in [1.82, 2.24) is 9.97 Å². The van der Waals surface area contributed by atoms with Crippen molar-refractivity contribution in [2.45, 2.75) is 26.7 Å². The summed E-state index contributed by atoms with van der Waals surface area (Å²) in [7, 11) is 0. The lowest BCUT2D eigenvalue weighted by Gasteiger charge is -2.08. The number of hydrogen-bond donors (Lipinski definition) is 0. The molecular weight excluding hydrogens is 303 g/mol. The Morgan fingerprint density at radius 3 is 2.37 bits per heavy atom. The summed E-state index contributed by atoms with van der Waals surface area (Å²) in [6.07, 6.45) is 1.42. The average Bonchev–Trinajstić information content (AvgIpc) is 2.33. The van der Waals surface area contributed by atoms with Gasteiger partial charge in [-0.2, -0.15) is 0 Å². The Balaban J connectivity index is 2.31. The minimum Gasteiger partial charge on any atom is -0.237 e. The molecule has 0 unspecified atom stereocenters. The average molecular weight is 316 g/mol. The van der Waals surface area contributed by atoms with E-state index in [1.165, 1.54) is 0 Å². The molecule has 1 heterocycles. The van der Waals surface area contributed by atoms with E-state index in [1.54, 1.807) is 6.07 Å². The minimum atomic E-state index is 0.532. The molecule has 0 saturated heterocycles. The lowest BCUT2D eigenvalue weighted by Crippen LogP contribution is -2.03. The number of rotatable bonds is 3. The Hall–Kier alpha value is -0.830. The van der Waals surface area contributed by atoms with E-state index in [1.807, 2.05) is 26.0 Å². The Morgan fingerprint density at radius 2 is 1.79 bits per heavy atom. The molecule has 100 valence electrons. The summed E-state index contributed by atoms with van der Waals surface area (Å²) in [5.74, 6) is 0.693. The molecular formula is C14H13Cl3N2. The summed E-state index contributed by atoms with van der Waals surface area (Å²) in [6.45, 7) is 3.99. The van der Waals surface area contributed by atoms with Crippen molar-refractivity contribution in [2.75, 3.05) is 0 Å². The zero-order valence-electron chi connectivity index (χ0n) is 10.7. The van der Waals surface area contributed by atoms with Crippen LogP contribution in [0.2, 0.25) is 15.2 Å². The van der Waals surface area contributed by atoms with Crippen LogP contribution in [0, 0.1) is 6.92 Å². The van der Waals surface area contributed by atoms with Crippen molar-refractivity contribution < 1.29 is 0 Å². The topological polar surface area (TPSA) is 25.8 Å². The van der Waals surface area contributed by atoms with Crippen molar-refractivity contribution in [2.24, 2.45) is 0 Å². The molecule has 0 aliphatic heterocycles. The number of nitrogens with zero attached hydrogens (tertiary/aromatic N) is 2. The minimum absolute atomic E-state index is 0.532. The highest BCUT2D eigenvalue weighted by Crippen LogP contribution is 2.24. The van der Waals surface area contributed by atoms with Crippen LogP contribution in [0.25, 0.3) is 0 Å². The van der Waals surface area contributed by atoms with Gasteiger partial charge in [-0.05, 0) is 31.0 Å². The van der Waals surface area contributed by atoms with Gasteiger partial charge >= 0.3 is 0 Å². The molecule has 2 rings (SSSR count). The van der Waals surface area contributed by atoms with E-state index in [-0.39, 0.29) is 0 Å². The molecule has 1 aromatic carbocycles. The van der Waals surface area contributed by atoms with E-state index in [0.29, 0.717) is 27.4 Å². The molecule has 0 saturated carbocycles. The van der Waals surface area contributed by atoms with Crippen LogP contribution in [0.5, 0.6) is 0 Å². The Bertz CT molecular complexity index is 589. The van der Waals surface area contributed by atoms with Crippen LogP contribution >= 0.6 is 34.8 Å². The molecule has 0 aliphatic rings. The third-order valence-corrected chi connectivity index (χ3v) is 3.96. The van der Waals surface area contributed by atoms with E-state index in [2.05, 4.69) is 9.97 Å². The summed E-state index contributed by atoms with van der Waals surface area (Å²) in [6, 6.07) is 5.51. The molecule has 0 amide bonds. The third-order valence-electron chi connectivity index (χ3n) is 2.91. The zero-order chi connectivity index (χ0) is 14.0. The molecule has 0 fully saturated rings. The van der Waals surface area contributed by atoms with Gasteiger partial charge < -0.3 is 0 Å². The molecule has 0 spiro atoms. The van der Waals surface area contributed by atoms with Crippen molar-refractivity contribution in [1.29, 1.82) is 0 Å². The van der Waals surface area contributed by atoms with Gasteiger partial charge in [-0.1, -0.05) is 47.8 Å². The van der Waals surface area contributed by atoms with Crippen LogP contribution in [0.15, 0.2) is 18.2 Å². The maximum atomic E-state index is 6.16. The molecule has 0 bridgehead atoms. The summed E-state index contributed by atoms with van der Waals surface area (Å²) in [4.78, 5) is 8.81. The molecule has 5 heteroatoms. The summed E-state index contributed by atoms with van der Waals surface area (Å²) in [5.41, 5.74) is 2.94. The molecule has 0 atom stereocenters. The number of benzene rings is 1. The lowest BCUT2D eigenvalue weighted by atomic mass is 10.1. The van der Waals surface area contributed by atoms with E-state index < -0.39 is 0 Å². The van der Waals surface area contributed by atoms with Crippen LogP contribution in [-0.2, 0) is 12.8 Å². The first-order valence-corrected chi connectivity index (χ1v) is 7.10. The monoisotopic (exact) mass is 314 g/mol. The highest BCUT2D eigenvalue weighted by atomic mass is 35.5. The van der Waals surface area contributed by atoms with Gasteiger partial charge in [0.25, 0.3) is 0 Å². The largest absolute Gasteiger partial charge is 0.237 e. The van der Waals surface area contributed by atoms with Crippen molar-refractivity contribution in [3.63, 3.8) is 0 Å². The van der Waals surface area contributed by atoms with E-state index in [0.717, 1.165) is 23.2 Å². The highest BCUT2D eigenvalue weighted by molar-refractivity contribution is 6.42. The molecule has 0 radical (unpaired) electrons. The maximum absolute atomic E-state index is 6.16. The highest BCUT2D eigenvalue weighted by Gasteiger charge is 2.09. The number of hydrogen-bond acceptors (Lipinski definition) is 2. The van der Waals surface area contributed by atoms with E-state index >= 15 is 0 Å². The molecule has 2 nitrogen and oxygen atoms in total. The summed E-state index contributed by atoms with van der Waals surface area (Å²) in [5, 5.41) is 1.61. The van der Waals surface area contributed by atoms with Gasteiger partial charge in [-0.25, -0.2) is 9.97 Å². The van der Waals surface area contributed by atoms with Crippen LogP contribution in [-0.4, -0.2) is 9.97 Å². The van der Waals surface area contributed by atoms with Gasteiger partial charge in [0.05, 0.1) is 10.0 Å². The smallest absolute Gasteiger partial charge is 0.136 e. The summed E-state index contributed by atoms with van der Waals surface area (Å²) < 4.78 is 0. The van der Waals surface area contributed by atoms with Gasteiger partial charge in [-0.15, -0.1) is 0 Å². The third kappa shape index (κ3) is 3.38. The van der Waals surface area contributed by atoms with Crippen LogP contribution in [0.3, 0.4) is 0 Å². The van der Waals surface area contributed by atoms with Crippen LogP contribution < -0.4 is 0 Å². The fraction of sp³-hybridized carbons (Fsp3) is 0.286. The Kier molecular flexibility index (Phi) is 4.67. The Labute approximate surface area is 127 Å². The number of aryl methyl sites for hydroxylation is 1. The van der Waals surface area contributed by atoms with Crippen LogP contribution in [0.4, 0.5) is 0 Å². The summed E-state index contributed by atoms with van der Waals surface area (Å²) >= 11 is 18.0. The zero-order valence-corrected chi connectivity index (χ0v) is 12.9. The van der Waals surface area contributed by atoms with Gasteiger partial charge in [0.15, 0.2) is 0 Å². The van der Waals surface area contributed by atoms with E-state index in [9.17, 15) is 0 Å². The molecule has 1 aromatic heterocycles. The predicted molar refractivity (Wildman–Crippen MR) is 80.4 cm³/mol. The molecule has 0 N–H and O–H groups in total. The molecule has 0 aliphatic carbocycles. The second-order valence-corrected chi connectivity index (χ2v) is 5.45. The second kappa shape index (κ2) is 6.08. The fourth-order valence-electron chi connectivity index (χ4n) is 1.93. The number of halogens is 3. The van der Waals surface area contributed by atoms with E-state index in [4.69, 9.17) is 34.8 Å². The first-order valence-electron chi connectivity index (χ1n) is 5.97. The molecule has 2 aromatic rings. The molecule has 19 heavy (non-hydrogen) atoms. The predicted octanol–water partition coefficient (Wildman–Crippen LogP) is 4.90. The van der Waals surface area contributed by atoms with Crippen molar-refractivity contribution >= 4 is 34.8 Å². The maximum Gasteiger partial charge on any atom is 0.136 e. The van der Waals surface area contributed by atoms with Crippen LogP contribution in [0.1, 0.15) is 29.6 Å². The van der Waals surface area contributed by atoms with Gasteiger partial charge in [0.1, 0.15) is 11.0 Å².